The van der Waals surface area contributed by atoms with E-state index in [0.717, 1.165) is 58.3 Å². The summed E-state index contributed by atoms with van der Waals surface area (Å²) in [4.78, 5) is 0. The van der Waals surface area contributed by atoms with Gasteiger partial charge in [-0.1, -0.05) is 48.5 Å². The summed E-state index contributed by atoms with van der Waals surface area (Å²) < 4.78 is 21.8. The minimum Gasteiger partial charge on any atom is -0.491 e. The van der Waals surface area contributed by atoms with E-state index in [2.05, 4.69) is 58.8 Å². The standard InChI is InChI=1S/C30H26N2O4/c1-9-25(10-2-21(1)23-5-13-27(14-6-23)33-17-29-19-35-29)31-32-26-11-3-22(4-12-26)24-7-15-28(16-8-24)34-18-30-20-36-30/h1-16,29-30H,17-20H2. The Balaban J connectivity index is 1.04. The molecular formula is C30H26N2O4. The lowest BCUT2D eigenvalue weighted by atomic mass is 10.1. The van der Waals surface area contributed by atoms with Crippen LogP contribution in [0, 0.1) is 0 Å². The van der Waals surface area contributed by atoms with E-state index in [4.69, 9.17) is 18.9 Å². The average Bonchev–Trinajstić information content (AvgIpc) is 3.87. The topological polar surface area (TPSA) is 68.2 Å². The molecule has 0 amide bonds. The molecule has 2 heterocycles. The lowest BCUT2D eigenvalue weighted by molar-refractivity contribution is 0.263. The normalized spacial score (nSPS) is 18.2. The van der Waals surface area contributed by atoms with Gasteiger partial charge in [-0.3, -0.25) is 0 Å². The van der Waals surface area contributed by atoms with Crippen molar-refractivity contribution < 1.29 is 18.9 Å². The molecular weight excluding hydrogens is 452 g/mol. The zero-order valence-electron chi connectivity index (χ0n) is 19.7. The van der Waals surface area contributed by atoms with E-state index >= 15 is 0 Å². The molecule has 2 atom stereocenters. The second-order valence-corrected chi connectivity index (χ2v) is 8.88. The molecule has 6 heteroatoms. The quantitative estimate of drug-likeness (QED) is 0.182. The molecule has 0 aromatic heterocycles. The van der Waals surface area contributed by atoms with Crippen LogP contribution in [0.2, 0.25) is 0 Å². The van der Waals surface area contributed by atoms with Gasteiger partial charge >= 0.3 is 0 Å². The van der Waals surface area contributed by atoms with E-state index in [1.165, 1.54) is 0 Å². The first-order valence-corrected chi connectivity index (χ1v) is 12.1. The first-order chi connectivity index (χ1) is 17.8. The number of benzene rings is 4. The Kier molecular flexibility index (Phi) is 6.44. The first-order valence-electron chi connectivity index (χ1n) is 12.1. The van der Waals surface area contributed by atoms with Crippen LogP contribution in [0.15, 0.2) is 107 Å². The maximum atomic E-state index is 5.71. The molecule has 0 N–H and O–H groups in total. The smallest absolute Gasteiger partial charge is 0.119 e. The SMILES string of the molecule is c1cc(-c2ccc(OCC3CO3)cc2)ccc1N=Nc1ccc(-c2ccc(OCC3CO3)cc2)cc1. The molecule has 2 saturated heterocycles. The maximum absolute atomic E-state index is 5.71. The monoisotopic (exact) mass is 478 g/mol. The highest BCUT2D eigenvalue weighted by Gasteiger charge is 2.23. The van der Waals surface area contributed by atoms with E-state index in [0.29, 0.717) is 13.2 Å². The van der Waals surface area contributed by atoms with Gasteiger partial charge in [-0.25, -0.2) is 0 Å². The number of epoxide rings is 2. The Morgan fingerprint density at radius 3 is 1.11 bits per heavy atom. The number of hydrogen-bond donors (Lipinski definition) is 0. The third kappa shape index (κ3) is 5.97. The predicted octanol–water partition coefficient (Wildman–Crippen LogP) is 6.99. The second-order valence-electron chi connectivity index (χ2n) is 8.88. The largest absolute Gasteiger partial charge is 0.491 e. The molecule has 0 spiro atoms. The highest BCUT2D eigenvalue weighted by atomic mass is 16.6. The van der Waals surface area contributed by atoms with Crippen LogP contribution in [0.25, 0.3) is 22.3 Å². The molecule has 6 rings (SSSR count). The summed E-state index contributed by atoms with van der Waals surface area (Å²) in [5, 5.41) is 8.78. The van der Waals surface area contributed by atoms with E-state index < -0.39 is 0 Å². The fourth-order valence-corrected chi connectivity index (χ4v) is 3.75. The van der Waals surface area contributed by atoms with Gasteiger partial charge in [0.15, 0.2) is 0 Å². The molecule has 6 nitrogen and oxygen atoms in total. The van der Waals surface area contributed by atoms with Gasteiger partial charge < -0.3 is 18.9 Å². The highest BCUT2D eigenvalue weighted by molar-refractivity contribution is 5.67. The molecule has 36 heavy (non-hydrogen) atoms. The summed E-state index contributed by atoms with van der Waals surface area (Å²) in [7, 11) is 0. The van der Waals surface area contributed by atoms with Crippen molar-refractivity contribution in [2.75, 3.05) is 26.4 Å². The molecule has 0 aliphatic carbocycles. The fourth-order valence-electron chi connectivity index (χ4n) is 3.75. The zero-order valence-corrected chi connectivity index (χ0v) is 19.7. The van der Waals surface area contributed by atoms with Crippen LogP contribution in [0.1, 0.15) is 0 Å². The Bertz CT molecular complexity index is 1200. The van der Waals surface area contributed by atoms with Gasteiger partial charge in [-0.05, 0) is 70.8 Å². The molecule has 2 aliphatic rings. The van der Waals surface area contributed by atoms with Crippen molar-refractivity contribution in [2.24, 2.45) is 10.2 Å². The van der Waals surface area contributed by atoms with Gasteiger partial charge in [-0.2, -0.15) is 10.2 Å². The van der Waals surface area contributed by atoms with Crippen LogP contribution in [0.3, 0.4) is 0 Å². The van der Waals surface area contributed by atoms with Crippen LogP contribution in [0.5, 0.6) is 11.5 Å². The fraction of sp³-hybridized carbons (Fsp3) is 0.200. The van der Waals surface area contributed by atoms with Crippen molar-refractivity contribution in [1.82, 2.24) is 0 Å². The Morgan fingerprint density at radius 1 is 0.500 bits per heavy atom. The summed E-state index contributed by atoms with van der Waals surface area (Å²) in [5.74, 6) is 1.72. The molecule has 2 aliphatic heterocycles. The lowest BCUT2D eigenvalue weighted by Gasteiger charge is -2.06. The summed E-state index contributed by atoms with van der Waals surface area (Å²) in [6.45, 7) is 2.83. The average molecular weight is 479 g/mol. The molecule has 4 aromatic rings. The molecule has 0 radical (unpaired) electrons. The molecule has 4 aromatic carbocycles. The van der Waals surface area contributed by atoms with Crippen LogP contribution >= 0.6 is 0 Å². The highest BCUT2D eigenvalue weighted by Crippen LogP contribution is 2.28. The van der Waals surface area contributed by atoms with Crippen molar-refractivity contribution in [1.29, 1.82) is 0 Å². The minimum atomic E-state index is 0.259. The maximum Gasteiger partial charge on any atom is 0.119 e. The second kappa shape index (κ2) is 10.3. The van der Waals surface area contributed by atoms with Gasteiger partial charge in [0, 0.05) is 0 Å². The van der Waals surface area contributed by atoms with Gasteiger partial charge in [0.25, 0.3) is 0 Å². The van der Waals surface area contributed by atoms with E-state index in [1.807, 2.05) is 48.5 Å². The Labute approximate surface area is 210 Å². The van der Waals surface area contributed by atoms with Gasteiger partial charge in [0.05, 0.1) is 24.6 Å². The number of nitrogens with zero attached hydrogens (tertiary/aromatic N) is 2. The molecule has 2 fully saturated rings. The predicted molar refractivity (Wildman–Crippen MR) is 138 cm³/mol. The number of azo groups is 1. The summed E-state index contributed by atoms with van der Waals surface area (Å²) >= 11 is 0. The van der Waals surface area contributed by atoms with Crippen LogP contribution < -0.4 is 9.47 Å². The number of rotatable bonds is 10. The molecule has 180 valence electrons. The molecule has 0 bridgehead atoms. The van der Waals surface area contributed by atoms with Crippen molar-refractivity contribution in [3.05, 3.63) is 97.1 Å². The lowest BCUT2D eigenvalue weighted by Crippen LogP contribution is -2.03. The van der Waals surface area contributed by atoms with Gasteiger partial charge in [-0.15, -0.1) is 0 Å². The van der Waals surface area contributed by atoms with Crippen molar-refractivity contribution in [3.8, 4) is 33.8 Å². The van der Waals surface area contributed by atoms with Gasteiger partial charge in [0.1, 0.15) is 36.9 Å². The van der Waals surface area contributed by atoms with Gasteiger partial charge in [0.2, 0.25) is 0 Å². The summed E-state index contributed by atoms with van der Waals surface area (Å²) in [5.41, 5.74) is 6.10. The number of hydrogen-bond acceptors (Lipinski definition) is 6. The van der Waals surface area contributed by atoms with E-state index in [9.17, 15) is 0 Å². The Hall–Kier alpha value is -4.00. The molecule has 0 saturated carbocycles. The van der Waals surface area contributed by atoms with E-state index in [-0.39, 0.29) is 12.2 Å². The van der Waals surface area contributed by atoms with E-state index in [1.54, 1.807) is 0 Å². The third-order valence-corrected chi connectivity index (χ3v) is 6.07. The van der Waals surface area contributed by atoms with Crippen LogP contribution in [0.4, 0.5) is 11.4 Å². The van der Waals surface area contributed by atoms with Crippen molar-refractivity contribution >= 4 is 11.4 Å². The molecule has 2 unspecified atom stereocenters. The van der Waals surface area contributed by atoms with Crippen molar-refractivity contribution in [3.63, 3.8) is 0 Å². The third-order valence-electron chi connectivity index (χ3n) is 6.07. The zero-order chi connectivity index (χ0) is 24.2. The van der Waals surface area contributed by atoms with Crippen LogP contribution in [-0.4, -0.2) is 38.6 Å². The minimum absolute atomic E-state index is 0.259. The Morgan fingerprint density at radius 2 is 0.806 bits per heavy atom. The first kappa shape index (κ1) is 22.5. The number of ether oxygens (including phenoxy) is 4. The van der Waals surface area contributed by atoms with Crippen molar-refractivity contribution in [2.45, 2.75) is 12.2 Å². The van der Waals surface area contributed by atoms with Crippen LogP contribution in [-0.2, 0) is 9.47 Å². The summed E-state index contributed by atoms with van der Waals surface area (Å²) in [6.07, 6.45) is 0.518. The summed E-state index contributed by atoms with van der Waals surface area (Å²) in [6, 6.07) is 32.3.